The van der Waals surface area contributed by atoms with Crippen molar-refractivity contribution < 1.29 is 23.9 Å². The molecule has 0 atom stereocenters. The van der Waals surface area contributed by atoms with Crippen LogP contribution in [0.15, 0.2) is 30.3 Å². The number of carbonyl (C=O) groups excluding carboxylic acids is 1. The van der Waals surface area contributed by atoms with E-state index in [2.05, 4.69) is 0 Å². The lowest BCUT2D eigenvalue weighted by Gasteiger charge is -2.13. The summed E-state index contributed by atoms with van der Waals surface area (Å²) in [5.41, 5.74) is 1.67. The average Bonchev–Trinajstić information content (AvgIpc) is 2.59. The Labute approximate surface area is 145 Å². The van der Waals surface area contributed by atoms with Gasteiger partial charge in [-0.3, -0.25) is 10.1 Å². The van der Waals surface area contributed by atoms with Gasteiger partial charge in [0, 0.05) is 5.56 Å². The van der Waals surface area contributed by atoms with Crippen molar-refractivity contribution in [3.05, 3.63) is 62.7 Å². The highest BCUT2D eigenvalue weighted by molar-refractivity contribution is 5.94. The first-order valence-corrected chi connectivity index (χ1v) is 7.51. The van der Waals surface area contributed by atoms with Gasteiger partial charge in [0.25, 0.3) is 5.69 Å². The predicted octanol–water partition coefficient (Wildman–Crippen LogP) is 3.59. The van der Waals surface area contributed by atoms with Gasteiger partial charge < -0.3 is 14.2 Å². The third-order valence-electron chi connectivity index (χ3n) is 3.84. The number of nitro benzene ring substituents is 1. The molecule has 0 heterocycles. The number of methoxy groups -OCH3 is 2. The van der Waals surface area contributed by atoms with E-state index in [1.807, 2.05) is 6.92 Å². The maximum absolute atomic E-state index is 12.3. The Kier molecular flexibility index (Phi) is 5.59. The van der Waals surface area contributed by atoms with E-state index in [1.165, 1.54) is 20.3 Å². The van der Waals surface area contributed by atoms with Gasteiger partial charge in [-0.15, -0.1) is 0 Å². The number of hydrogen-bond acceptors (Lipinski definition) is 6. The molecular formula is C18H19NO6. The Balaban J connectivity index is 2.24. The number of benzene rings is 2. The SMILES string of the molecule is COc1cc(C)c(COC(=O)c2cccc(C)c2[N+](=O)[O-])cc1OC. The van der Waals surface area contributed by atoms with Crippen LogP contribution in [0.5, 0.6) is 11.5 Å². The quantitative estimate of drug-likeness (QED) is 0.452. The summed E-state index contributed by atoms with van der Waals surface area (Å²) < 4.78 is 15.7. The van der Waals surface area contributed by atoms with Crippen molar-refractivity contribution in [1.82, 2.24) is 0 Å². The summed E-state index contributed by atoms with van der Waals surface area (Å²) >= 11 is 0. The van der Waals surface area contributed by atoms with Crippen LogP contribution < -0.4 is 9.47 Å². The average molecular weight is 345 g/mol. The van der Waals surface area contributed by atoms with Gasteiger partial charge in [-0.05, 0) is 43.2 Å². The van der Waals surface area contributed by atoms with Gasteiger partial charge in [0.1, 0.15) is 12.2 Å². The zero-order valence-corrected chi connectivity index (χ0v) is 14.5. The molecule has 0 aliphatic rings. The Morgan fingerprint density at radius 3 is 2.32 bits per heavy atom. The molecule has 0 N–H and O–H groups in total. The summed E-state index contributed by atoms with van der Waals surface area (Å²) in [6.45, 7) is 3.39. The first-order valence-electron chi connectivity index (χ1n) is 7.51. The molecule has 7 heteroatoms. The molecule has 25 heavy (non-hydrogen) atoms. The number of ether oxygens (including phenoxy) is 3. The first-order chi connectivity index (χ1) is 11.9. The minimum atomic E-state index is -0.746. The molecule has 0 bridgehead atoms. The first kappa shape index (κ1) is 18.3. The topological polar surface area (TPSA) is 87.9 Å². The zero-order valence-electron chi connectivity index (χ0n) is 14.5. The Hall–Kier alpha value is -3.09. The lowest BCUT2D eigenvalue weighted by molar-refractivity contribution is -0.385. The van der Waals surface area contributed by atoms with E-state index in [0.29, 0.717) is 17.1 Å². The molecule has 0 amide bonds. The van der Waals surface area contributed by atoms with Crippen LogP contribution in [0.3, 0.4) is 0 Å². The van der Waals surface area contributed by atoms with E-state index in [0.717, 1.165) is 11.1 Å². The summed E-state index contributed by atoms with van der Waals surface area (Å²) in [7, 11) is 3.05. The van der Waals surface area contributed by atoms with Crippen LogP contribution in [0.4, 0.5) is 5.69 Å². The van der Waals surface area contributed by atoms with Crippen molar-refractivity contribution in [2.24, 2.45) is 0 Å². The highest BCUT2D eigenvalue weighted by Crippen LogP contribution is 2.31. The fourth-order valence-electron chi connectivity index (χ4n) is 2.47. The third-order valence-corrected chi connectivity index (χ3v) is 3.84. The number of nitro groups is 1. The fourth-order valence-corrected chi connectivity index (χ4v) is 2.47. The smallest absolute Gasteiger partial charge is 0.345 e. The number of aryl methyl sites for hydroxylation is 2. The van der Waals surface area contributed by atoms with Gasteiger partial charge in [0.05, 0.1) is 19.1 Å². The van der Waals surface area contributed by atoms with E-state index in [9.17, 15) is 14.9 Å². The second-order valence-electron chi connectivity index (χ2n) is 5.44. The highest BCUT2D eigenvalue weighted by atomic mass is 16.6. The minimum absolute atomic E-state index is 0.0316. The van der Waals surface area contributed by atoms with Crippen LogP contribution in [0.1, 0.15) is 27.0 Å². The molecule has 2 aromatic rings. The van der Waals surface area contributed by atoms with Crippen LogP contribution in [0.25, 0.3) is 0 Å². The predicted molar refractivity (Wildman–Crippen MR) is 91.2 cm³/mol. The molecule has 0 saturated carbocycles. The third kappa shape index (κ3) is 3.88. The van der Waals surface area contributed by atoms with Crippen LogP contribution in [0, 0.1) is 24.0 Å². The minimum Gasteiger partial charge on any atom is -0.493 e. The molecule has 0 aliphatic carbocycles. The van der Waals surface area contributed by atoms with Crippen LogP contribution >= 0.6 is 0 Å². The molecule has 2 aromatic carbocycles. The maximum Gasteiger partial charge on any atom is 0.345 e. The van der Waals surface area contributed by atoms with Gasteiger partial charge in [-0.2, -0.15) is 0 Å². The van der Waals surface area contributed by atoms with E-state index in [1.54, 1.807) is 31.2 Å². The van der Waals surface area contributed by atoms with Crippen molar-refractivity contribution in [3.8, 4) is 11.5 Å². The van der Waals surface area contributed by atoms with Crippen molar-refractivity contribution in [3.63, 3.8) is 0 Å². The van der Waals surface area contributed by atoms with Crippen LogP contribution in [-0.2, 0) is 11.3 Å². The number of para-hydroxylation sites is 1. The Bertz CT molecular complexity index is 815. The zero-order chi connectivity index (χ0) is 18.6. The van der Waals surface area contributed by atoms with E-state index in [4.69, 9.17) is 14.2 Å². The summed E-state index contributed by atoms with van der Waals surface area (Å²) in [4.78, 5) is 22.9. The van der Waals surface area contributed by atoms with Crippen LogP contribution in [-0.4, -0.2) is 25.1 Å². The molecule has 2 rings (SSSR count). The second-order valence-corrected chi connectivity index (χ2v) is 5.44. The number of hydrogen-bond donors (Lipinski definition) is 0. The largest absolute Gasteiger partial charge is 0.493 e. The van der Waals surface area contributed by atoms with E-state index in [-0.39, 0.29) is 17.9 Å². The summed E-state index contributed by atoms with van der Waals surface area (Å²) in [5.74, 6) is 0.342. The van der Waals surface area contributed by atoms with Gasteiger partial charge in [-0.25, -0.2) is 4.79 Å². The summed E-state index contributed by atoms with van der Waals surface area (Å²) in [6, 6.07) is 8.03. The van der Waals surface area contributed by atoms with Gasteiger partial charge >= 0.3 is 5.97 Å². The number of esters is 1. The standard InChI is InChI=1S/C18H19NO6/c1-11-6-5-7-14(17(11)19(21)22)18(20)25-10-13-9-16(24-4)15(23-3)8-12(13)2/h5-9H,10H2,1-4H3. The summed E-state index contributed by atoms with van der Waals surface area (Å²) in [5, 5.41) is 11.2. The van der Waals surface area contributed by atoms with Crippen molar-refractivity contribution in [2.75, 3.05) is 14.2 Å². The molecule has 0 fully saturated rings. The Morgan fingerprint density at radius 1 is 1.08 bits per heavy atom. The Morgan fingerprint density at radius 2 is 1.72 bits per heavy atom. The number of carbonyl (C=O) groups is 1. The van der Waals surface area contributed by atoms with Crippen molar-refractivity contribution >= 4 is 11.7 Å². The number of rotatable bonds is 6. The lowest BCUT2D eigenvalue weighted by Crippen LogP contribution is -2.10. The van der Waals surface area contributed by atoms with Gasteiger partial charge in [0.15, 0.2) is 11.5 Å². The lowest BCUT2D eigenvalue weighted by atomic mass is 10.1. The summed E-state index contributed by atoms with van der Waals surface area (Å²) in [6.07, 6.45) is 0. The molecule has 0 aliphatic heterocycles. The highest BCUT2D eigenvalue weighted by Gasteiger charge is 2.23. The van der Waals surface area contributed by atoms with E-state index < -0.39 is 10.9 Å². The molecule has 0 spiro atoms. The fraction of sp³-hybridized carbons (Fsp3) is 0.278. The normalized spacial score (nSPS) is 10.2. The molecule has 0 radical (unpaired) electrons. The molecule has 0 saturated heterocycles. The molecule has 0 unspecified atom stereocenters. The number of nitrogens with zero attached hydrogens (tertiary/aromatic N) is 1. The maximum atomic E-state index is 12.3. The molecule has 132 valence electrons. The van der Waals surface area contributed by atoms with Crippen LogP contribution in [0.2, 0.25) is 0 Å². The molecule has 7 nitrogen and oxygen atoms in total. The van der Waals surface area contributed by atoms with Crippen molar-refractivity contribution in [1.29, 1.82) is 0 Å². The molecule has 0 aromatic heterocycles. The molecular weight excluding hydrogens is 326 g/mol. The van der Waals surface area contributed by atoms with Gasteiger partial charge in [-0.1, -0.05) is 12.1 Å². The van der Waals surface area contributed by atoms with Crippen molar-refractivity contribution in [2.45, 2.75) is 20.5 Å². The monoisotopic (exact) mass is 345 g/mol. The van der Waals surface area contributed by atoms with Gasteiger partial charge in [0.2, 0.25) is 0 Å². The second kappa shape index (κ2) is 7.65. The van der Waals surface area contributed by atoms with E-state index >= 15 is 0 Å².